The molecule has 1 heterocycles. The standard InChI is InChI=1S/C13H12ClFNO.Y/c1-2-16-11(7-4-8-12(16)17)13-9(14)5-3-6-10(13)15;/h3,5-6H,2,4,8H2,1H3;/q-1;. The summed E-state index contributed by atoms with van der Waals surface area (Å²) in [4.78, 5) is 13.3. The molecule has 5 heteroatoms. The van der Waals surface area contributed by atoms with E-state index in [0.717, 1.165) is 0 Å². The summed E-state index contributed by atoms with van der Waals surface area (Å²) < 4.78 is 13.8. The van der Waals surface area contributed by atoms with E-state index in [1.165, 1.54) is 11.0 Å². The van der Waals surface area contributed by atoms with Gasteiger partial charge in [-0.1, -0.05) is 17.7 Å². The zero-order valence-corrected chi connectivity index (χ0v) is 13.6. The fraction of sp³-hybridized carbons (Fsp3) is 0.308. The summed E-state index contributed by atoms with van der Waals surface area (Å²) in [6, 6.07) is 4.49. The van der Waals surface area contributed by atoms with Crippen molar-refractivity contribution in [3.8, 4) is 0 Å². The molecule has 0 N–H and O–H groups in total. The molecule has 2 rings (SSSR count). The molecule has 1 aliphatic heterocycles. The third-order valence-electron chi connectivity index (χ3n) is 2.72. The predicted molar refractivity (Wildman–Crippen MR) is 64.7 cm³/mol. The number of hydrogen-bond acceptors (Lipinski definition) is 1. The van der Waals surface area contributed by atoms with Crippen molar-refractivity contribution in [3.05, 3.63) is 40.7 Å². The van der Waals surface area contributed by atoms with Gasteiger partial charge in [0.05, 0.1) is 5.82 Å². The summed E-state index contributed by atoms with van der Waals surface area (Å²) in [7, 11) is 0. The SMILES string of the molecule is CCN1C(=O)CC[C-]=C1c1c(F)cccc1Cl.[Y]. The van der Waals surface area contributed by atoms with Crippen LogP contribution in [0.5, 0.6) is 0 Å². The van der Waals surface area contributed by atoms with E-state index in [1.807, 2.05) is 6.92 Å². The Balaban J connectivity index is 0.00000162. The Morgan fingerprint density at radius 3 is 2.83 bits per heavy atom. The molecule has 0 aromatic heterocycles. The van der Waals surface area contributed by atoms with Crippen LogP contribution < -0.4 is 0 Å². The monoisotopic (exact) mass is 341 g/mol. The van der Waals surface area contributed by atoms with E-state index in [1.54, 1.807) is 12.1 Å². The molecule has 0 atom stereocenters. The van der Waals surface area contributed by atoms with Gasteiger partial charge in [0.2, 0.25) is 5.91 Å². The van der Waals surface area contributed by atoms with Crippen LogP contribution in [0, 0.1) is 11.9 Å². The second-order valence-corrected chi connectivity index (χ2v) is 4.17. The average molecular weight is 342 g/mol. The number of rotatable bonds is 2. The van der Waals surface area contributed by atoms with Gasteiger partial charge in [0, 0.05) is 45.7 Å². The van der Waals surface area contributed by atoms with E-state index >= 15 is 0 Å². The molecular formula is C13H12ClFNOY-. The van der Waals surface area contributed by atoms with Crippen molar-refractivity contribution in [1.82, 2.24) is 4.90 Å². The normalized spacial score (nSPS) is 15.2. The molecule has 0 saturated heterocycles. The van der Waals surface area contributed by atoms with Crippen molar-refractivity contribution in [1.29, 1.82) is 0 Å². The molecule has 93 valence electrons. The summed E-state index contributed by atoms with van der Waals surface area (Å²) >= 11 is 5.99. The molecule has 1 aliphatic rings. The number of allylic oxidation sites excluding steroid dienone is 1. The van der Waals surface area contributed by atoms with Crippen LogP contribution in [0.2, 0.25) is 5.02 Å². The number of carbonyl (C=O) groups is 1. The van der Waals surface area contributed by atoms with Crippen LogP contribution in [0.25, 0.3) is 5.70 Å². The quantitative estimate of drug-likeness (QED) is 0.756. The largest absolute Gasteiger partial charge is 0.348 e. The molecule has 1 amide bonds. The second kappa shape index (κ2) is 6.79. The van der Waals surface area contributed by atoms with Gasteiger partial charge >= 0.3 is 0 Å². The van der Waals surface area contributed by atoms with Gasteiger partial charge in [-0.15, -0.1) is 23.7 Å². The number of hydrogen-bond donors (Lipinski definition) is 0. The second-order valence-electron chi connectivity index (χ2n) is 3.76. The Morgan fingerprint density at radius 2 is 2.22 bits per heavy atom. The third kappa shape index (κ3) is 3.01. The van der Waals surface area contributed by atoms with Crippen LogP contribution >= 0.6 is 11.6 Å². The molecule has 0 aliphatic carbocycles. The molecule has 0 saturated carbocycles. The molecule has 0 unspecified atom stereocenters. The van der Waals surface area contributed by atoms with Gasteiger partial charge in [-0.05, 0) is 18.0 Å². The van der Waals surface area contributed by atoms with Crippen molar-refractivity contribution >= 4 is 23.2 Å². The number of amides is 1. The maximum atomic E-state index is 13.8. The number of carbonyl (C=O) groups excluding carboxylic acids is 1. The van der Waals surface area contributed by atoms with Crippen LogP contribution in [0.1, 0.15) is 25.3 Å². The molecule has 1 aromatic carbocycles. The van der Waals surface area contributed by atoms with Gasteiger partial charge in [0.15, 0.2) is 0 Å². The molecule has 0 spiro atoms. The van der Waals surface area contributed by atoms with E-state index in [-0.39, 0.29) is 44.2 Å². The summed E-state index contributed by atoms with van der Waals surface area (Å²) in [5.41, 5.74) is 0.732. The van der Waals surface area contributed by atoms with Gasteiger partial charge in [0.25, 0.3) is 0 Å². The van der Waals surface area contributed by atoms with Crippen molar-refractivity contribution in [2.24, 2.45) is 0 Å². The van der Waals surface area contributed by atoms with Crippen molar-refractivity contribution < 1.29 is 41.9 Å². The zero-order valence-electron chi connectivity index (χ0n) is 10.0. The van der Waals surface area contributed by atoms with Gasteiger partial charge in [-0.2, -0.15) is 0 Å². The van der Waals surface area contributed by atoms with Gasteiger partial charge < -0.3 is 4.90 Å². The first kappa shape index (κ1) is 15.8. The van der Waals surface area contributed by atoms with Gasteiger partial charge in [-0.25, -0.2) is 10.5 Å². The number of benzene rings is 1. The molecule has 2 nitrogen and oxygen atoms in total. The van der Waals surface area contributed by atoms with Gasteiger partial charge in [-0.3, -0.25) is 4.79 Å². The van der Waals surface area contributed by atoms with Crippen LogP contribution in [0.15, 0.2) is 18.2 Å². The molecule has 0 bridgehead atoms. The summed E-state index contributed by atoms with van der Waals surface area (Å²) in [5.74, 6) is -0.436. The van der Waals surface area contributed by atoms with Crippen molar-refractivity contribution in [3.63, 3.8) is 0 Å². The van der Waals surface area contributed by atoms with E-state index < -0.39 is 5.82 Å². The summed E-state index contributed by atoms with van der Waals surface area (Å²) in [6.07, 6.45) is 3.98. The Bertz CT molecular complexity index is 470. The molecule has 18 heavy (non-hydrogen) atoms. The first-order chi connectivity index (χ1) is 8.15. The Kier molecular flexibility index (Phi) is 5.96. The first-order valence-electron chi connectivity index (χ1n) is 5.50. The Labute approximate surface area is 136 Å². The molecule has 1 radical (unpaired) electrons. The minimum atomic E-state index is -0.423. The fourth-order valence-corrected chi connectivity index (χ4v) is 2.18. The maximum absolute atomic E-state index is 13.8. The Hall–Kier alpha value is -0.246. The third-order valence-corrected chi connectivity index (χ3v) is 3.03. The number of halogens is 2. The predicted octanol–water partition coefficient (Wildman–Crippen LogP) is 3.26. The average Bonchev–Trinajstić information content (AvgIpc) is 2.29. The number of nitrogens with zero attached hydrogens (tertiary/aromatic N) is 1. The zero-order chi connectivity index (χ0) is 12.4. The van der Waals surface area contributed by atoms with E-state index in [2.05, 4.69) is 6.08 Å². The maximum Gasteiger partial charge on any atom is 0.223 e. The van der Waals surface area contributed by atoms with Crippen LogP contribution in [-0.2, 0) is 37.5 Å². The fourth-order valence-electron chi connectivity index (χ4n) is 1.92. The van der Waals surface area contributed by atoms with E-state index in [4.69, 9.17) is 11.6 Å². The van der Waals surface area contributed by atoms with Crippen molar-refractivity contribution in [2.75, 3.05) is 6.54 Å². The molecular weight excluding hydrogens is 330 g/mol. The smallest absolute Gasteiger partial charge is 0.223 e. The van der Waals surface area contributed by atoms with Gasteiger partial charge in [0.1, 0.15) is 0 Å². The Morgan fingerprint density at radius 1 is 1.50 bits per heavy atom. The minimum absolute atomic E-state index is 0. The molecule has 0 fully saturated rings. The summed E-state index contributed by atoms with van der Waals surface area (Å²) in [5, 5.41) is 0.306. The summed E-state index contributed by atoms with van der Waals surface area (Å²) in [6.45, 7) is 2.34. The minimum Gasteiger partial charge on any atom is -0.348 e. The topological polar surface area (TPSA) is 20.3 Å². The van der Waals surface area contributed by atoms with Crippen LogP contribution in [-0.4, -0.2) is 17.4 Å². The first-order valence-corrected chi connectivity index (χ1v) is 5.88. The van der Waals surface area contributed by atoms with E-state index in [0.29, 0.717) is 30.1 Å². The van der Waals surface area contributed by atoms with E-state index in [9.17, 15) is 9.18 Å². The molecule has 1 aromatic rings. The van der Waals surface area contributed by atoms with Crippen molar-refractivity contribution in [2.45, 2.75) is 19.8 Å². The van der Waals surface area contributed by atoms with Crippen LogP contribution in [0.4, 0.5) is 4.39 Å². The van der Waals surface area contributed by atoms with Crippen LogP contribution in [0.3, 0.4) is 0 Å².